The van der Waals surface area contributed by atoms with Crippen molar-refractivity contribution in [2.75, 3.05) is 6.26 Å². The van der Waals surface area contributed by atoms with Crippen LogP contribution in [0.5, 0.6) is 0 Å². The number of hydrogen-bond acceptors (Lipinski definition) is 3. The van der Waals surface area contributed by atoms with Gasteiger partial charge in [0, 0.05) is 9.60 Å². The second-order valence-corrected chi connectivity index (χ2v) is 4.79. The molecule has 0 spiro atoms. The number of nitriles is 1. The lowest BCUT2D eigenvalue weighted by molar-refractivity contribution is 1.34. The highest BCUT2D eigenvalue weighted by Gasteiger charge is 2.09. The molecule has 0 aliphatic heterocycles. The average molecular weight is 219 g/mol. The highest BCUT2D eigenvalue weighted by molar-refractivity contribution is 7.98. The van der Waals surface area contributed by atoms with Crippen LogP contribution in [0.2, 0.25) is 0 Å². The second-order valence-electron chi connectivity index (χ2n) is 3.03. The molecule has 1 nitrogen and oxygen atoms in total. The van der Waals surface area contributed by atoms with Gasteiger partial charge in [0.25, 0.3) is 0 Å². The van der Waals surface area contributed by atoms with E-state index in [9.17, 15) is 0 Å². The van der Waals surface area contributed by atoms with Crippen LogP contribution in [-0.2, 0) is 0 Å². The van der Waals surface area contributed by atoms with Crippen molar-refractivity contribution in [2.24, 2.45) is 0 Å². The van der Waals surface area contributed by atoms with Gasteiger partial charge in [0.15, 0.2) is 0 Å². The van der Waals surface area contributed by atoms with Crippen LogP contribution in [-0.4, -0.2) is 6.26 Å². The molecule has 0 bridgehead atoms. The van der Waals surface area contributed by atoms with E-state index in [-0.39, 0.29) is 0 Å². The fourth-order valence-corrected chi connectivity index (χ4v) is 3.09. The minimum Gasteiger partial charge on any atom is -0.192 e. The number of thioether (sulfide) groups is 1. The predicted molar refractivity (Wildman–Crippen MR) is 63.1 cm³/mol. The van der Waals surface area contributed by atoms with Crippen LogP contribution in [0.4, 0.5) is 0 Å². The number of aryl methyl sites for hydroxylation is 1. The molecular weight excluding hydrogens is 210 g/mol. The van der Waals surface area contributed by atoms with Crippen LogP contribution in [0.15, 0.2) is 22.4 Å². The van der Waals surface area contributed by atoms with E-state index in [4.69, 9.17) is 5.26 Å². The van der Waals surface area contributed by atoms with Gasteiger partial charge in [-0.05, 0) is 41.6 Å². The Hall–Kier alpha value is -0.980. The van der Waals surface area contributed by atoms with E-state index in [0.717, 1.165) is 16.0 Å². The molecule has 1 aromatic heterocycles. The molecule has 14 heavy (non-hydrogen) atoms. The molecule has 0 radical (unpaired) electrons. The summed E-state index contributed by atoms with van der Waals surface area (Å²) in [5, 5.41) is 12.4. The molecule has 2 rings (SSSR count). The monoisotopic (exact) mass is 219 g/mol. The minimum atomic E-state index is 0.826. The third-order valence-corrected chi connectivity index (χ3v) is 4.09. The summed E-state index contributed by atoms with van der Waals surface area (Å²) < 4.78 is 1.24. The van der Waals surface area contributed by atoms with Crippen LogP contribution < -0.4 is 0 Å². The van der Waals surface area contributed by atoms with Crippen LogP contribution in [0, 0.1) is 18.3 Å². The molecule has 2 aromatic rings. The van der Waals surface area contributed by atoms with E-state index >= 15 is 0 Å². The van der Waals surface area contributed by atoms with E-state index in [2.05, 4.69) is 23.6 Å². The van der Waals surface area contributed by atoms with Gasteiger partial charge in [-0.2, -0.15) is 5.26 Å². The number of rotatable bonds is 1. The van der Waals surface area contributed by atoms with Crippen LogP contribution in [0.3, 0.4) is 0 Å². The quantitative estimate of drug-likeness (QED) is 0.681. The van der Waals surface area contributed by atoms with Crippen LogP contribution >= 0.6 is 23.1 Å². The van der Waals surface area contributed by atoms with Crippen molar-refractivity contribution < 1.29 is 0 Å². The predicted octanol–water partition coefficient (Wildman–Crippen LogP) is 3.80. The normalized spacial score (nSPS) is 10.4. The van der Waals surface area contributed by atoms with Gasteiger partial charge in [0.1, 0.15) is 6.07 Å². The number of fused-ring (bicyclic) bond motifs is 1. The molecule has 0 amide bonds. The van der Waals surface area contributed by atoms with Gasteiger partial charge in [-0.25, -0.2) is 0 Å². The van der Waals surface area contributed by atoms with Gasteiger partial charge in [0.05, 0.1) is 5.56 Å². The first-order chi connectivity index (χ1) is 6.77. The number of thiophene rings is 1. The Labute approximate surface area is 91.4 Å². The largest absolute Gasteiger partial charge is 0.192 e. The summed E-state index contributed by atoms with van der Waals surface area (Å²) in [6.07, 6.45) is 2.01. The van der Waals surface area contributed by atoms with Crippen molar-refractivity contribution in [3.63, 3.8) is 0 Å². The summed E-state index contributed by atoms with van der Waals surface area (Å²) in [5.41, 5.74) is 1.94. The maximum atomic E-state index is 9.07. The molecule has 70 valence electrons. The minimum absolute atomic E-state index is 0.826. The third-order valence-electron chi connectivity index (χ3n) is 2.28. The van der Waals surface area contributed by atoms with E-state index in [0.29, 0.717) is 0 Å². The lowest BCUT2D eigenvalue weighted by atomic mass is 10.1. The fourth-order valence-electron chi connectivity index (χ4n) is 1.55. The third kappa shape index (κ3) is 1.31. The highest BCUT2D eigenvalue weighted by atomic mass is 32.2. The first kappa shape index (κ1) is 9.57. The molecule has 0 unspecified atom stereocenters. The SMILES string of the molecule is CSc1cc2ccsc2c(C)c1C#N. The van der Waals surface area contributed by atoms with Gasteiger partial charge >= 0.3 is 0 Å². The molecule has 0 atom stereocenters. The van der Waals surface area contributed by atoms with Crippen molar-refractivity contribution in [1.82, 2.24) is 0 Å². The second kappa shape index (κ2) is 3.64. The fraction of sp³-hybridized carbons (Fsp3) is 0.182. The molecule has 0 N–H and O–H groups in total. The molecular formula is C11H9NS2. The summed E-state index contributed by atoms with van der Waals surface area (Å²) in [5.74, 6) is 0. The van der Waals surface area contributed by atoms with Crippen LogP contribution in [0.1, 0.15) is 11.1 Å². The summed E-state index contributed by atoms with van der Waals surface area (Å²) in [4.78, 5) is 1.08. The summed E-state index contributed by atoms with van der Waals surface area (Å²) >= 11 is 3.34. The van der Waals surface area contributed by atoms with Gasteiger partial charge in [-0.15, -0.1) is 23.1 Å². The van der Waals surface area contributed by atoms with Gasteiger partial charge in [-0.1, -0.05) is 0 Å². The van der Waals surface area contributed by atoms with E-state index in [1.165, 1.54) is 10.1 Å². The Kier molecular flexibility index (Phi) is 2.49. The van der Waals surface area contributed by atoms with Crippen molar-refractivity contribution in [3.05, 3.63) is 28.6 Å². The lowest BCUT2D eigenvalue weighted by Crippen LogP contribution is -1.86. The number of nitrogens with zero attached hydrogens (tertiary/aromatic N) is 1. The topological polar surface area (TPSA) is 23.8 Å². The van der Waals surface area contributed by atoms with Crippen molar-refractivity contribution in [1.29, 1.82) is 5.26 Å². The molecule has 0 saturated heterocycles. The summed E-state index contributed by atoms with van der Waals surface area (Å²) in [6, 6.07) is 6.49. The summed E-state index contributed by atoms with van der Waals surface area (Å²) in [6.45, 7) is 2.02. The van der Waals surface area contributed by atoms with Crippen LogP contribution in [0.25, 0.3) is 10.1 Å². The molecule has 1 heterocycles. The Morgan fingerprint density at radius 3 is 2.93 bits per heavy atom. The van der Waals surface area contributed by atoms with E-state index < -0.39 is 0 Å². The summed E-state index contributed by atoms with van der Waals surface area (Å²) in [7, 11) is 0. The molecule has 1 aromatic carbocycles. The molecule has 0 aliphatic carbocycles. The number of hydrogen-bond donors (Lipinski definition) is 0. The van der Waals surface area contributed by atoms with Crippen molar-refractivity contribution in [2.45, 2.75) is 11.8 Å². The maximum Gasteiger partial charge on any atom is 0.101 e. The molecule has 0 fully saturated rings. The smallest absolute Gasteiger partial charge is 0.101 e. The maximum absolute atomic E-state index is 9.07. The zero-order valence-corrected chi connectivity index (χ0v) is 9.63. The average Bonchev–Trinajstić information content (AvgIpc) is 2.65. The molecule has 3 heteroatoms. The molecule has 0 saturated carbocycles. The number of benzene rings is 1. The van der Waals surface area contributed by atoms with Crippen molar-refractivity contribution in [3.8, 4) is 6.07 Å². The Balaban J connectivity index is 2.88. The van der Waals surface area contributed by atoms with Crippen molar-refractivity contribution >= 4 is 33.2 Å². The Morgan fingerprint density at radius 2 is 2.29 bits per heavy atom. The highest BCUT2D eigenvalue weighted by Crippen LogP contribution is 2.33. The Morgan fingerprint density at radius 1 is 1.50 bits per heavy atom. The standard InChI is InChI=1S/C11H9NS2/c1-7-9(6-12)10(13-2)5-8-3-4-14-11(7)8/h3-5H,1-2H3. The first-order valence-electron chi connectivity index (χ1n) is 4.23. The molecule has 0 aliphatic rings. The Bertz CT molecular complexity index is 520. The lowest BCUT2D eigenvalue weighted by Gasteiger charge is -2.04. The zero-order valence-electron chi connectivity index (χ0n) is 8.00. The van der Waals surface area contributed by atoms with Gasteiger partial charge in [-0.3, -0.25) is 0 Å². The van der Waals surface area contributed by atoms with Gasteiger partial charge < -0.3 is 0 Å². The zero-order chi connectivity index (χ0) is 10.1. The van der Waals surface area contributed by atoms with Gasteiger partial charge in [0.2, 0.25) is 0 Å². The van der Waals surface area contributed by atoms with E-state index in [1.54, 1.807) is 23.1 Å². The van der Waals surface area contributed by atoms with E-state index in [1.807, 2.05) is 13.2 Å². The first-order valence-corrected chi connectivity index (χ1v) is 6.33.